The fraction of sp³-hybridized carbons (Fsp3) is 0.0909. The third-order valence-corrected chi connectivity index (χ3v) is 7.39. The van der Waals surface area contributed by atoms with Crippen LogP contribution in [0.2, 0.25) is 0 Å². The first kappa shape index (κ1) is 24.5. The SMILES string of the molecule is Cc1cc(C)c2[nH]c(O)c(N=NC(=O)c3c(-c4ccccc4)nc4n(Cc5ccccc5)c5ccccc5n34)c2c1. The number of aromatic nitrogens is 4. The molecule has 200 valence electrons. The van der Waals surface area contributed by atoms with Crippen molar-refractivity contribution < 1.29 is 9.90 Å². The lowest BCUT2D eigenvalue weighted by atomic mass is 10.1. The van der Waals surface area contributed by atoms with Crippen molar-refractivity contribution in [1.82, 2.24) is 18.9 Å². The number of fused-ring (bicyclic) bond motifs is 4. The van der Waals surface area contributed by atoms with Crippen molar-refractivity contribution in [2.24, 2.45) is 10.2 Å². The Kier molecular flexibility index (Phi) is 5.75. The second kappa shape index (κ2) is 9.60. The van der Waals surface area contributed by atoms with E-state index in [-0.39, 0.29) is 11.6 Å². The van der Waals surface area contributed by atoms with E-state index in [9.17, 15) is 9.90 Å². The van der Waals surface area contributed by atoms with Gasteiger partial charge < -0.3 is 14.7 Å². The monoisotopic (exact) mass is 538 g/mol. The van der Waals surface area contributed by atoms with Gasteiger partial charge in [-0.1, -0.05) is 84.4 Å². The number of hydrogen-bond donors (Lipinski definition) is 2. The highest BCUT2D eigenvalue weighted by atomic mass is 16.3. The Balaban J connectivity index is 1.44. The molecule has 3 heterocycles. The molecule has 0 unspecified atom stereocenters. The van der Waals surface area contributed by atoms with Crippen LogP contribution in [0.15, 0.2) is 107 Å². The molecule has 7 aromatic rings. The summed E-state index contributed by atoms with van der Waals surface area (Å²) < 4.78 is 3.98. The predicted molar refractivity (Wildman–Crippen MR) is 160 cm³/mol. The summed E-state index contributed by atoms with van der Waals surface area (Å²) >= 11 is 0. The van der Waals surface area contributed by atoms with E-state index in [1.165, 1.54) is 0 Å². The van der Waals surface area contributed by atoms with E-state index in [4.69, 9.17) is 4.98 Å². The Bertz CT molecular complexity index is 2120. The third-order valence-electron chi connectivity index (χ3n) is 7.39. The molecule has 1 amide bonds. The first-order valence-electron chi connectivity index (χ1n) is 13.4. The van der Waals surface area contributed by atoms with Gasteiger partial charge in [0.15, 0.2) is 5.69 Å². The molecule has 8 nitrogen and oxygen atoms in total. The van der Waals surface area contributed by atoms with E-state index >= 15 is 0 Å². The van der Waals surface area contributed by atoms with Crippen LogP contribution in [0.4, 0.5) is 5.69 Å². The molecular formula is C33H26N6O2. The maximum atomic E-state index is 14.0. The second-order valence-corrected chi connectivity index (χ2v) is 10.2. The van der Waals surface area contributed by atoms with E-state index in [1.807, 2.05) is 103 Å². The largest absolute Gasteiger partial charge is 0.493 e. The van der Waals surface area contributed by atoms with Gasteiger partial charge in [-0.05, 0) is 43.2 Å². The van der Waals surface area contributed by atoms with Crippen molar-refractivity contribution >= 4 is 39.3 Å². The molecule has 0 atom stereocenters. The fourth-order valence-corrected chi connectivity index (χ4v) is 5.59. The Morgan fingerprint density at radius 1 is 0.902 bits per heavy atom. The summed E-state index contributed by atoms with van der Waals surface area (Å²) in [5.74, 6) is -0.0582. The molecule has 0 radical (unpaired) electrons. The summed E-state index contributed by atoms with van der Waals surface area (Å²) in [5.41, 5.74) is 7.52. The number of benzene rings is 4. The number of aromatic amines is 1. The standard InChI is InChI=1S/C33H26N6O2/c1-20-17-21(2)27-24(18-20)29(31(40)34-27)36-37-32(41)30-28(23-13-7-4-8-14-23)35-33-38(19-22-11-5-3-6-12-22)25-15-9-10-16-26(25)39(30)33/h3-18,34,40H,19H2,1-2H3. The molecule has 0 aliphatic rings. The van der Waals surface area contributed by atoms with Crippen LogP contribution in [-0.2, 0) is 6.54 Å². The van der Waals surface area contributed by atoms with E-state index < -0.39 is 5.91 Å². The normalized spacial score (nSPS) is 11.9. The molecule has 8 heteroatoms. The zero-order valence-electron chi connectivity index (χ0n) is 22.5. The molecule has 2 N–H and O–H groups in total. The number of para-hydroxylation sites is 2. The summed E-state index contributed by atoms with van der Waals surface area (Å²) in [7, 11) is 0. The van der Waals surface area contributed by atoms with E-state index in [2.05, 4.69) is 31.9 Å². The summed E-state index contributed by atoms with van der Waals surface area (Å²) in [5, 5.41) is 19.8. The number of azo groups is 1. The summed E-state index contributed by atoms with van der Waals surface area (Å²) in [4.78, 5) is 22.0. The van der Waals surface area contributed by atoms with Crippen LogP contribution in [0.25, 0.3) is 39.0 Å². The van der Waals surface area contributed by atoms with Crippen molar-refractivity contribution in [2.75, 3.05) is 0 Å². The summed E-state index contributed by atoms with van der Waals surface area (Å²) in [6.07, 6.45) is 0. The molecule has 0 bridgehead atoms. The topological polar surface area (TPSA) is 100 Å². The van der Waals surface area contributed by atoms with E-state index in [0.29, 0.717) is 29.1 Å². The second-order valence-electron chi connectivity index (χ2n) is 10.2. The highest BCUT2D eigenvalue weighted by Gasteiger charge is 2.26. The number of carbonyl (C=O) groups is 1. The maximum Gasteiger partial charge on any atom is 0.314 e. The molecule has 0 aliphatic heterocycles. The molecular weight excluding hydrogens is 512 g/mol. The van der Waals surface area contributed by atoms with Gasteiger partial charge in [0.05, 0.1) is 23.1 Å². The van der Waals surface area contributed by atoms with Gasteiger partial charge in [0.1, 0.15) is 11.4 Å². The highest BCUT2D eigenvalue weighted by Crippen LogP contribution is 2.38. The molecule has 0 aliphatic carbocycles. The molecule has 0 spiro atoms. The Labute approximate surface area is 235 Å². The highest BCUT2D eigenvalue weighted by molar-refractivity contribution is 6.03. The van der Waals surface area contributed by atoms with Gasteiger partial charge in [-0.15, -0.1) is 10.2 Å². The molecule has 7 rings (SSSR count). The zero-order chi connectivity index (χ0) is 28.1. The van der Waals surface area contributed by atoms with Gasteiger partial charge in [-0.3, -0.25) is 9.20 Å². The Morgan fingerprint density at radius 3 is 2.34 bits per heavy atom. The number of rotatable bonds is 5. The van der Waals surface area contributed by atoms with Crippen LogP contribution >= 0.6 is 0 Å². The zero-order valence-corrected chi connectivity index (χ0v) is 22.5. The number of nitrogens with zero attached hydrogens (tertiary/aromatic N) is 5. The van der Waals surface area contributed by atoms with Gasteiger partial charge in [0.25, 0.3) is 0 Å². The molecule has 0 saturated heterocycles. The maximum absolute atomic E-state index is 14.0. The van der Waals surface area contributed by atoms with Crippen molar-refractivity contribution in [2.45, 2.75) is 20.4 Å². The Hall–Kier alpha value is -5.50. The molecule has 0 fully saturated rings. The smallest absolute Gasteiger partial charge is 0.314 e. The number of aromatic hydroxyl groups is 1. The van der Waals surface area contributed by atoms with Crippen molar-refractivity contribution in [3.63, 3.8) is 0 Å². The summed E-state index contributed by atoms with van der Waals surface area (Å²) in [6, 6.07) is 31.6. The number of hydrogen-bond acceptors (Lipinski definition) is 4. The first-order chi connectivity index (χ1) is 20.0. The minimum absolute atomic E-state index is 0.133. The van der Waals surface area contributed by atoms with Gasteiger partial charge in [0, 0.05) is 10.9 Å². The molecule has 4 aromatic carbocycles. The minimum atomic E-state index is -0.558. The van der Waals surface area contributed by atoms with Gasteiger partial charge >= 0.3 is 5.91 Å². The average Bonchev–Trinajstić information content (AvgIpc) is 3.62. The Morgan fingerprint density at radius 2 is 1.59 bits per heavy atom. The van der Waals surface area contributed by atoms with Gasteiger partial charge in [-0.25, -0.2) is 4.98 Å². The molecule has 3 aromatic heterocycles. The lowest BCUT2D eigenvalue weighted by Gasteiger charge is -2.05. The van der Waals surface area contributed by atoms with Crippen molar-refractivity contribution in [3.05, 3.63) is 119 Å². The summed E-state index contributed by atoms with van der Waals surface area (Å²) in [6.45, 7) is 4.51. The fourth-order valence-electron chi connectivity index (χ4n) is 5.59. The number of nitrogens with one attached hydrogen (secondary N) is 1. The van der Waals surface area contributed by atoms with Crippen molar-refractivity contribution in [3.8, 4) is 17.1 Å². The number of aryl methyl sites for hydroxylation is 2. The number of amides is 1. The molecule has 41 heavy (non-hydrogen) atoms. The van der Waals surface area contributed by atoms with Crippen LogP contribution < -0.4 is 0 Å². The van der Waals surface area contributed by atoms with Crippen LogP contribution in [0.1, 0.15) is 27.2 Å². The number of H-pyrrole nitrogens is 1. The quantitative estimate of drug-likeness (QED) is 0.219. The first-order valence-corrected chi connectivity index (χ1v) is 13.4. The molecule has 0 saturated carbocycles. The third kappa shape index (κ3) is 4.08. The van der Waals surface area contributed by atoms with Gasteiger partial charge in [0.2, 0.25) is 11.7 Å². The van der Waals surface area contributed by atoms with Crippen molar-refractivity contribution in [1.29, 1.82) is 0 Å². The van der Waals surface area contributed by atoms with Crippen LogP contribution in [-0.4, -0.2) is 29.9 Å². The van der Waals surface area contributed by atoms with Crippen LogP contribution in [0.3, 0.4) is 0 Å². The lowest BCUT2D eigenvalue weighted by molar-refractivity contribution is 0.0990. The van der Waals surface area contributed by atoms with Crippen LogP contribution in [0, 0.1) is 13.8 Å². The predicted octanol–water partition coefficient (Wildman–Crippen LogP) is 7.73. The van der Waals surface area contributed by atoms with Gasteiger partial charge in [-0.2, -0.15) is 0 Å². The lowest BCUT2D eigenvalue weighted by Crippen LogP contribution is -2.02. The van der Waals surface area contributed by atoms with E-state index in [0.717, 1.165) is 38.8 Å². The minimum Gasteiger partial charge on any atom is -0.493 e. The van der Waals surface area contributed by atoms with Crippen LogP contribution in [0.5, 0.6) is 5.88 Å². The number of imidazole rings is 2. The average molecular weight is 539 g/mol. The van der Waals surface area contributed by atoms with E-state index in [1.54, 1.807) is 0 Å². The number of carbonyl (C=O) groups excluding carboxylic acids is 1.